The molecule has 258 valence electrons. The Bertz CT molecular complexity index is 1720. The van der Waals surface area contributed by atoms with Gasteiger partial charge in [0.05, 0.1) is 35.0 Å². The molecular formula is C39H43NO9. The van der Waals surface area contributed by atoms with Crippen molar-refractivity contribution in [2.45, 2.75) is 31.8 Å². The van der Waals surface area contributed by atoms with Crippen LogP contribution < -0.4 is 28.4 Å². The zero-order valence-corrected chi connectivity index (χ0v) is 28.5. The van der Waals surface area contributed by atoms with Crippen LogP contribution in [0.1, 0.15) is 47.7 Å². The summed E-state index contributed by atoms with van der Waals surface area (Å²) in [6.45, 7) is 3.06. The Balaban J connectivity index is 1.46. The molecule has 0 radical (unpaired) electrons. The average molecular weight is 670 g/mol. The first-order valence-corrected chi connectivity index (χ1v) is 16.2. The van der Waals surface area contributed by atoms with Gasteiger partial charge in [0.2, 0.25) is 5.75 Å². The van der Waals surface area contributed by atoms with E-state index in [9.17, 15) is 10.0 Å². The molecule has 0 bridgehead atoms. The summed E-state index contributed by atoms with van der Waals surface area (Å²) in [5, 5.41) is 11.4. The Morgan fingerprint density at radius 1 is 0.837 bits per heavy atom. The van der Waals surface area contributed by atoms with Crippen molar-refractivity contribution >= 4 is 5.91 Å². The molecule has 1 N–H and O–H groups in total. The average Bonchev–Trinajstić information content (AvgIpc) is 3.57. The number of amides is 1. The van der Waals surface area contributed by atoms with Crippen LogP contribution in [0.4, 0.5) is 0 Å². The molecule has 1 aliphatic rings. The third kappa shape index (κ3) is 7.61. The topological polar surface area (TPSA) is 105 Å². The molecule has 0 aromatic heterocycles. The Hall–Kier alpha value is -5.19. The van der Waals surface area contributed by atoms with E-state index in [0.717, 1.165) is 17.5 Å². The molecule has 1 amide bonds. The second-order valence-corrected chi connectivity index (χ2v) is 11.4. The summed E-state index contributed by atoms with van der Waals surface area (Å²) in [6.07, 6.45) is 5.14. The lowest BCUT2D eigenvalue weighted by molar-refractivity contribution is -0.0208. The number of nitrogens with zero attached hydrogens (tertiary/aromatic N) is 1. The Morgan fingerprint density at radius 2 is 1.53 bits per heavy atom. The zero-order valence-electron chi connectivity index (χ0n) is 28.5. The van der Waals surface area contributed by atoms with Gasteiger partial charge in [0, 0.05) is 24.3 Å². The standard InChI is InChI=1S/C39H43NO9/c1-6-21-47-33-18-17-29(24-34(33)43-2)39(30-25-35(44-3)37(46-5)36(26-30)45-4)28(19-22-48-39)13-11-20-40(42)38(41)27-12-10-16-32(23-27)49-31-14-8-7-9-15-31/h7-12,14-18,20,23-26,28,42H,6,13,19,21-22H2,1-5H3/b20-11+. The summed E-state index contributed by atoms with van der Waals surface area (Å²) < 4.78 is 41.3. The van der Waals surface area contributed by atoms with E-state index in [1.165, 1.54) is 6.20 Å². The number of carbonyl (C=O) groups is 1. The van der Waals surface area contributed by atoms with Crippen LogP contribution in [-0.4, -0.2) is 57.8 Å². The summed E-state index contributed by atoms with van der Waals surface area (Å²) in [5.74, 6) is 3.04. The van der Waals surface area contributed by atoms with Crippen molar-refractivity contribution in [3.63, 3.8) is 0 Å². The zero-order chi connectivity index (χ0) is 34.8. The van der Waals surface area contributed by atoms with Gasteiger partial charge in [-0.1, -0.05) is 43.3 Å². The first kappa shape index (κ1) is 35.1. The number of benzene rings is 4. The highest BCUT2D eigenvalue weighted by Gasteiger charge is 2.48. The van der Waals surface area contributed by atoms with Gasteiger partial charge in [0.1, 0.15) is 17.1 Å². The maximum atomic E-state index is 13.2. The van der Waals surface area contributed by atoms with Gasteiger partial charge in [-0.2, -0.15) is 5.06 Å². The summed E-state index contributed by atoms with van der Waals surface area (Å²) in [5.41, 5.74) is 0.912. The van der Waals surface area contributed by atoms with Gasteiger partial charge in [-0.05, 0) is 85.0 Å². The van der Waals surface area contributed by atoms with Crippen LogP contribution in [0, 0.1) is 5.92 Å². The second kappa shape index (κ2) is 16.3. The Morgan fingerprint density at radius 3 is 2.20 bits per heavy atom. The minimum Gasteiger partial charge on any atom is -0.493 e. The van der Waals surface area contributed by atoms with E-state index in [1.54, 1.807) is 58.8 Å². The van der Waals surface area contributed by atoms with Crippen molar-refractivity contribution in [3.8, 4) is 40.2 Å². The summed E-state index contributed by atoms with van der Waals surface area (Å²) in [4.78, 5) is 13.2. The molecule has 4 aromatic rings. The van der Waals surface area contributed by atoms with Crippen molar-refractivity contribution in [1.29, 1.82) is 0 Å². The molecule has 4 aromatic carbocycles. The molecule has 0 spiro atoms. The molecule has 1 aliphatic heterocycles. The predicted octanol–water partition coefficient (Wildman–Crippen LogP) is 8.02. The molecule has 5 rings (SSSR count). The highest BCUT2D eigenvalue weighted by molar-refractivity contribution is 5.94. The van der Waals surface area contributed by atoms with Crippen LogP contribution in [0.15, 0.2) is 97.2 Å². The van der Waals surface area contributed by atoms with Gasteiger partial charge in [-0.3, -0.25) is 10.0 Å². The molecule has 10 nitrogen and oxygen atoms in total. The summed E-state index contributed by atoms with van der Waals surface area (Å²) in [7, 11) is 6.31. The van der Waals surface area contributed by atoms with Crippen molar-refractivity contribution in [2.24, 2.45) is 5.92 Å². The molecule has 10 heteroatoms. The smallest absolute Gasteiger partial charge is 0.281 e. The number of carbonyl (C=O) groups excluding carboxylic acids is 1. The number of hydrogen-bond donors (Lipinski definition) is 1. The first-order chi connectivity index (χ1) is 23.9. The molecule has 49 heavy (non-hydrogen) atoms. The minimum absolute atomic E-state index is 0.134. The van der Waals surface area contributed by atoms with E-state index in [1.807, 2.05) is 67.6 Å². The number of allylic oxidation sites excluding steroid dienone is 1. The molecule has 2 unspecified atom stereocenters. The van der Waals surface area contributed by atoms with Crippen LogP contribution >= 0.6 is 0 Å². The van der Waals surface area contributed by atoms with E-state index in [4.69, 9.17) is 33.2 Å². The van der Waals surface area contributed by atoms with Crippen LogP contribution in [0.5, 0.6) is 40.2 Å². The molecular weight excluding hydrogens is 626 g/mol. The van der Waals surface area contributed by atoms with Gasteiger partial charge < -0.3 is 33.2 Å². The van der Waals surface area contributed by atoms with Gasteiger partial charge in [0.25, 0.3) is 5.91 Å². The fourth-order valence-electron chi connectivity index (χ4n) is 6.14. The van der Waals surface area contributed by atoms with E-state index in [-0.39, 0.29) is 11.5 Å². The van der Waals surface area contributed by atoms with Gasteiger partial charge in [0.15, 0.2) is 23.0 Å². The van der Waals surface area contributed by atoms with Gasteiger partial charge >= 0.3 is 0 Å². The third-order valence-electron chi connectivity index (χ3n) is 8.45. The van der Waals surface area contributed by atoms with E-state index >= 15 is 0 Å². The Labute approximate surface area is 287 Å². The number of rotatable bonds is 15. The molecule has 0 saturated carbocycles. The van der Waals surface area contributed by atoms with E-state index in [2.05, 4.69) is 0 Å². The quantitative estimate of drug-likeness (QED) is 0.0995. The van der Waals surface area contributed by atoms with Crippen molar-refractivity contribution in [2.75, 3.05) is 41.7 Å². The number of hydroxylamine groups is 2. The fourth-order valence-corrected chi connectivity index (χ4v) is 6.14. The number of ether oxygens (including phenoxy) is 7. The molecule has 1 heterocycles. The highest BCUT2D eigenvalue weighted by atomic mass is 16.5. The first-order valence-electron chi connectivity index (χ1n) is 16.2. The highest BCUT2D eigenvalue weighted by Crippen LogP contribution is 2.53. The van der Waals surface area contributed by atoms with Crippen LogP contribution in [0.25, 0.3) is 0 Å². The lowest BCUT2D eigenvalue weighted by Gasteiger charge is -2.36. The largest absolute Gasteiger partial charge is 0.493 e. The van der Waals surface area contributed by atoms with Crippen molar-refractivity contribution < 1.29 is 43.2 Å². The van der Waals surface area contributed by atoms with Crippen LogP contribution in [0.3, 0.4) is 0 Å². The SMILES string of the molecule is CCCOc1ccc(C2(c3cc(OC)c(OC)c(OC)c3)OCCC2C/C=C/N(O)C(=O)c2cccc(Oc3ccccc3)c2)cc1OC. The summed E-state index contributed by atoms with van der Waals surface area (Å²) >= 11 is 0. The minimum atomic E-state index is -0.985. The summed E-state index contributed by atoms with van der Waals surface area (Å²) in [6, 6.07) is 25.5. The molecule has 2 atom stereocenters. The Kier molecular flexibility index (Phi) is 11.7. The van der Waals surface area contributed by atoms with Crippen molar-refractivity contribution in [3.05, 3.63) is 114 Å². The second-order valence-electron chi connectivity index (χ2n) is 11.4. The number of para-hydroxylation sites is 1. The van der Waals surface area contributed by atoms with Gasteiger partial charge in [-0.25, -0.2) is 0 Å². The number of methoxy groups -OCH3 is 4. The molecule has 1 fully saturated rings. The van der Waals surface area contributed by atoms with E-state index in [0.29, 0.717) is 71.4 Å². The fraction of sp³-hybridized carbons (Fsp3) is 0.308. The maximum absolute atomic E-state index is 13.2. The number of hydrogen-bond acceptors (Lipinski definition) is 9. The van der Waals surface area contributed by atoms with Gasteiger partial charge in [-0.15, -0.1) is 0 Å². The third-order valence-corrected chi connectivity index (χ3v) is 8.45. The molecule has 0 aliphatic carbocycles. The van der Waals surface area contributed by atoms with E-state index < -0.39 is 11.5 Å². The molecule has 1 saturated heterocycles. The lowest BCUT2D eigenvalue weighted by atomic mass is 9.74. The van der Waals surface area contributed by atoms with Crippen LogP contribution in [0.2, 0.25) is 0 Å². The maximum Gasteiger partial charge on any atom is 0.281 e. The van der Waals surface area contributed by atoms with Crippen molar-refractivity contribution in [1.82, 2.24) is 5.06 Å². The predicted molar refractivity (Wildman–Crippen MR) is 184 cm³/mol. The lowest BCUT2D eigenvalue weighted by Crippen LogP contribution is -2.34. The normalized spacial score (nSPS) is 17.1. The van der Waals surface area contributed by atoms with Crippen LogP contribution in [-0.2, 0) is 10.3 Å². The monoisotopic (exact) mass is 669 g/mol.